The van der Waals surface area contributed by atoms with Gasteiger partial charge in [0.25, 0.3) is 0 Å². The van der Waals surface area contributed by atoms with E-state index in [-0.39, 0.29) is 36.1 Å². The Hall–Kier alpha value is -3.55. The molecule has 0 spiro atoms. The number of carbonyl (C=O) groups is 3. The maximum Gasteiger partial charge on any atom is 0.408 e. The molecule has 8 heteroatoms. The zero-order chi connectivity index (χ0) is 29.4. The van der Waals surface area contributed by atoms with Gasteiger partial charge < -0.3 is 25.4 Å². The van der Waals surface area contributed by atoms with E-state index in [4.69, 9.17) is 4.74 Å². The standard InChI is InChI=1S/C32H45N3O5/c1-7-9-21(3)33-29(37)28(24-14-10-22(8-2)11-15-24)35(25-16-17-25)30(38)27(34-31(39)40-32(4,5)6)20-23-12-18-26(36)19-13-23/h10-15,18-19,21,25,27-28,36H,7-9,16-17,20H2,1-6H3,(H,33,37)(H,34,39). The van der Waals surface area contributed by atoms with Crippen molar-refractivity contribution in [2.75, 3.05) is 0 Å². The summed E-state index contributed by atoms with van der Waals surface area (Å²) in [6.45, 7) is 11.4. The number of aromatic hydroxyl groups is 1. The van der Waals surface area contributed by atoms with Crippen molar-refractivity contribution in [3.8, 4) is 5.75 Å². The van der Waals surface area contributed by atoms with E-state index in [0.717, 1.165) is 48.8 Å². The molecule has 0 heterocycles. The average Bonchev–Trinajstić information content (AvgIpc) is 3.72. The second kappa shape index (κ2) is 13.7. The van der Waals surface area contributed by atoms with Gasteiger partial charge in [0.2, 0.25) is 11.8 Å². The monoisotopic (exact) mass is 551 g/mol. The van der Waals surface area contributed by atoms with Crippen molar-refractivity contribution >= 4 is 17.9 Å². The van der Waals surface area contributed by atoms with E-state index in [9.17, 15) is 19.5 Å². The minimum atomic E-state index is -0.974. The van der Waals surface area contributed by atoms with Crippen molar-refractivity contribution in [1.29, 1.82) is 0 Å². The molecule has 3 amide bonds. The molecule has 3 atom stereocenters. The van der Waals surface area contributed by atoms with Crippen LogP contribution in [0.1, 0.15) is 90.0 Å². The highest BCUT2D eigenvalue weighted by atomic mass is 16.6. The molecule has 1 saturated carbocycles. The number of phenolic OH excluding ortho intramolecular Hbond substituents is 1. The lowest BCUT2D eigenvalue weighted by molar-refractivity contribution is -0.143. The third-order valence-electron chi connectivity index (χ3n) is 6.90. The van der Waals surface area contributed by atoms with Crippen LogP contribution in [0.4, 0.5) is 4.79 Å². The van der Waals surface area contributed by atoms with E-state index in [2.05, 4.69) is 24.5 Å². The van der Waals surface area contributed by atoms with Gasteiger partial charge in [0, 0.05) is 18.5 Å². The Bertz CT molecular complexity index is 1140. The zero-order valence-corrected chi connectivity index (χ0v) is 24.7. The summed E-state index contributed by atoms with van der Waals surface area (Å²) in [4.78, 5) is 42.8. The Kier molecular flexibility index (Phi) is 10.6. The van der Waals surface area contributed by atoms with Gasteiger partial charge in [-0.15, -0.1) is 0 Å². The summed E-state index contributed by atoms with van der Waals surface area (Å²) in [5.41, 5.74) is 1.89. The van der Waals surface area contributed by atoms with Gasteiger partial charge >= 0.3 is 6.09 Å². The van der Waals surface area contributed by atoms with E-state index in [1.807, 2.05) is 31.2 Å². The lowest BCUT2D eigenvalue weighted by atomic mass is 9.98. The van der Waals surface area contributed by atoms with Gasteiger partial charge in [0.15, 0.2) is 0 Å². The average molecular weight is 552 g/mol. The molecule has 218 valence electrons. The number of alkyl carbamates (subject to hydrolysis) is 1. The van der Waals surface area contributed by atoms with E-state index < -0.39 is 23.8 Å². The Morgan fingerprint density at radius 2 is 1.57 bits per heavy atom. The summed E-state index contributed by atoms with van der Waals surface area (Å²) < 4.78 is 5.49. The Balaban J connectivity index is 2.00. The van der Waals surface area contributed by atoms with E-state index in [1.165, 1.54) is 0 Å². The number of rotatable bonds is 12. The van der Waals surface area contributed by atoms with Gasteiger partial charge in [0.1, 0.15) is 23.4 Å². The van der Waals surface area contributed by atoms with E-state index >= 15 is 0 Å². The number of nitrogens with zero attached hydrogens (tertiary/aromatic N) is 1. The number of hydrogen-bond acceptors (Lipinski definition) is 5. The van der Waals surface area contributed by atoms with Gasteiger partial charge in [-0.2, -0.15) is 0 Å². The molecule has 2 aromatic carbocycles. The minimum absolute atomic E-state index is 0.0428. The maximum atomic E-state index is 14.4. The molecule has 0 radical (unpaired) electrons. The highest BCUT2D eigenvalue weighted by Crippen LogP contribution is 2.36. The second-order valence-corrected chi connectivity index (χ2v) is 11.7. The first-order valence-electron chi connectivity index (χ1n) is 14.4. The van der Waals surface area contributed by atoms with Crippen molar-refractivity contribution in [3.05, 3.63) is 65.2 Å². The number of carbonyl (C=O) groups excluding carboxylic acids is 3. The number of aryl methyl sites for hydroxylation is 1. The molecule has 1 aliphatic rings. The van der Waals surface area contributed by atoms with E-state index in [1.54, 1.807) is 49.9 Å². The van der Waals surface area contributed by atoms with Crippen molar-refractivity contribution < 1.29 is 24.2 Å². The molecular formula is C32H45N3O5. The van der Waals surface area contributed by atoms with Gasteiger partial charge in [0.05, 0.1) is 0 Å². The van der Waals surface area contributed by atoms with Crippen LogP contribution in [-0.2, 0) is 27.2 Å². The van der Waals surface area contributed by atoms with Crippen LogP contribution in [0, 0.1) is 0 Å². The van der Waals surface area contributed by atoms with Crippen LogP contribution in [0.15, 0.2) is 48.5 Å². The summed E-state index contributed by atoms with van der Waals surface area (Å²) in [7, 11) is 0. The van der Waals surface area contributed by atoms with Gasteiger partial charge in [-0.3, -0.25) is 9.59 Å². The van der Waals surface area contributed by atoms with Crippen LogP contribution in [0.3, 0.4) is 0 Å². The summed E-state index contributed by atoms with van der Waals surface area (Å²) >= 11 is 0. The molecule has 1 aliphatic carbocycles. The maximum absolute atomic E-state index is 14.4. The molecule has 2 aromatic rings. The molecule has 0 bridgehead atoms. The number of nitrogens with one attached hydrogen (secondary N) is 2. The predicted octanol–water partition coefficient (Wildman–Crippen LogP) is 5.43. The van der Waals surface area contributed by atoms with Crippen molar-refractivity contribution in [2.45, 2.75) is 110 Å². The van der Waals surface area contributed by atoms with Gasteiger partial charge in [-0.25, -0.2) is 4.79 Å². The van der Waals surface area contributed by atoms with Crippen LogP contribution in [0.2, 0.25) is 0 Å². The van der Waals surface area contributed by atoms with Crippen LogP contribution in [0.5, 0.6) is 5.75 Å². The highest BCUT2D eigenvalue weighted by molar-refractivity contribution is 5.93. The van der Waals surface area contributed by atoms with E-state index in [0.29, 0.717) is 0 Å². The van der Waals surface area contributed by atoms with Crippen LogP contribution in [0.25, 0.3) is 0 Å². The molecule has 3 rings (SSSR count). The predicted molar refractivity (Wildman–Crippen MR) is 156 cm³/mol. The van der Waals surface area contributed by atoms with Gasteiger partial charge in [-0.05, 0) is 82.2 Å². The van der Waals surface area contributed by atoms with Gasteiger partial charge in [-0.1, -0.05) is 56.7 Å². The topological polar surface area (TPSA) is 108 Å². The normalized spacial score (nSPS) is 15.4. The number of phenols is 1. The first kappa shape index (κ1) is 31.0. The molecule has 0 saturated heterocycles. The fourth-order valence-electron chi connectivity index (χ4n) is 4.77. The van der Waals surface area contributed by atoms with Crippen LogP contribution < -0.4 is 10.6 Å². The minimum Gasteiger partial charge on any atom is -0.508 e. The lowest BCUT2D eigenvalue weighted by Gasteiger charge is -2.35. The number of benzene rings is 2. The zero-order valence-electron chi connectivity index (χ0n) is 24.7. The van der Waals surface area contributed by atoms with Crippen LogP contribution in [-0.4, -0.2) is 51.6 Å². The molecule has 8 nitrogen and oxygen atoms in total. The fraction of sp³-hybridized carbons (Fsp3) is 0.531. The molecule has 0 aromatic heterocycles. The molecule has 3 unspecified atom stereocenters. The molecule has 1 fully saturated rings. The highest BCUT2D eigenvalue weighted by Gasteiger charge is 2.44. The molecule has 40 heavy (non-hydrogen) atoms. The third kappa shape index (κ3) is 9.00. The van der Waals surface area contributed by atoms with Crippen molar-refractivity contribution in [1.82, 2.24) is 15.5 Å². The SMILES string of the molecule is CCCC(C)NC(=O)C(c1ccc(CC)cc1)N(C(=O)C(Cc1ccc(O)cc1)NC(=O)OC(C)(C)C)C1CC1. The molecule has 3 N–H and O–H groups in total. The van der Waals surface area contributed by atoms with Crippen molar-refractivity contribution in [2.24, 2.45) is 0 Å². The number of ether oxygens (including phenoxy) is 1. The smallest absolute Gasteiger partial charge is 0.408 e. The number of amides is 3. The Labute approximate surface area is 238 Å². The first-order valence-corrected chi connectivity index (χ1v) is 14.4. The summed E-state index contributed by atoms with van der Waals surface area (Å²) in [5, 5.41) is 15.6. The van der Waals surface area contributed by atoms with Crippen molar-refractivity contribution in [3.63, 3.8) is 0 Å². The molecular weight excluding hydrogens is 506 g/mol. The summed E-state index contributed by atoms with van der Waals surface area (Å²) in [5.74, 6) is -0.463. The number of hydrogen-bond donors (Lipinski definition) is 3. The second-order valence-electron chi connectivity index (χ2n) is 11.7. The molecule has 0 aliphatic heterocycles. The largest absolute Gasteiger partial charge is 0.508 e. The quantitative estimate of drug-likeness (QED) is 0.326. The first-order chi connectivity index (χ1) is 18.9. The lowest BCUT2D eigenvalue weighted by Crippen LogP contribution is -2.55. The third-order valence-corrected chi connectivity index (χ3v) is 6.90. The fourth-order valence-corrected chi connectivity index (χ4v) is 4.77. The summed E-state index contributed by atoms with van der Waals surface area (Å²) in [6.07, 6.45) is 3.66. The Morgan fingerprint density at radius 3 is 2.10 bits per heavy atom. The Morgan fingerprint density at radius 1 is 0.975 bits per heavy atom. The van der Waals surface area contributed by atoms with Crippen LogP contribution >= 0.6 is 0 Å². The summed E-state index contributed by atoms with van der Waals surface area (Å²) in [6, 6.07) is 12.4.